The van der Waals surface area contributed by atoms with Crippen molar-refractivity contribution in [1.29, 1.82) is 0 Å². The minimum absolute atomic E-state index is 0.0117. The van der Waals surface area contributed by atoms with Crippen molar-refractivity contribution in [3.8, 4) is 0 Å². The molecule has 6 nitrogen and oxygen atoms in total. The molecule has 148 valence electrons. The van der Waals surface area contributed by atoms with Gasteiger partial charge in [0, 0.05) is 25.4 Å². The lowest BCUT2D eigenvalue weighted by molar-refractivity contribution is -0.138. The number of likely N-dealkylation sites (tertiary alicyclic amines) is 1. The second kappa shape index (κ2) is 8.41. The first kappa shape index (κ1) is 19.1. The average Bonchev–Trinajstić information content (AvgIpc) is 3.39. The zero-order chi connectivity index (χ0) is 19.4. The number of nitrogens with zero attached hydrogens (tertiary/aromatic N) is 2. The van der Waals surface area contributed by atoms with Crippen molar-refractivity contribution < 1.29 is 18.7 Å². The standard InChI is InChI=1S/C21H24N2O4S/c24-19(16-26-15-17-5-2-1-3-6-17)22-10-8-21(9-11-22)23(12-14-28-21)20(25)18-7-4-13-27-18/h1-7,13H,8-12,14-16H2. The molecule has 0 saturated carbocycles. The highest BCUT2D eigenvalue weighted by Gasteiger charge is 2.47. The minimum Gasteiger partial charge on any atom is -0.459 e. The van der Waals surface area contributed by atoms with Gasteiger partial charge in [0.05, 0.1) is 17.7 Å². The van der Waals surface area contributed by atoms with Gasteiger partial charge in [0.2, 0.25) is 5.91 Å². The number of rotatable bonds is 5. The number of hydrogen-bond acceptors (Lipinski definition) is 5. The van der Waals surface area contributed by atoms with E-state index in [-0.39, 0.29) is 23.3 Å². The summed E-state index contributed by atoms with van der Waals surface area (Å²) in [5.74, 6) is 1.26. The molecular weight excluding hydrogens is 376 g/mol. The predicted molar refractivity (Wildman–Crippen MR) is 107 cm³/mol. The lowest BCUT2D eigenvalue weighted by Crippen LogP contribution is -2.54. The number of amides is 2. The van der Waals surface area contributed by atoms with Crippen LogP contribution in [0.5, 0.6) is 0 Å². The van der Waals surface area contributed by atoms with Gasteiger partial charge in [-0.25, -0.2) is 0 Å². The third-order valence-electron chi connectivity index (χ3n) is 5.39. The van der Waals surface area contributed by atoms with E-state index in [2.05, 4.69) is 0 Å². The van der Waals surface area contributed by atoms with E-state index in [1.165, 1.54) is 6.26 Å². The second-order valence-corrected chi connectivity index (χ2v) is 8.54. The maximum absolute atomic E-state index is 12.8. The number of ether oxygens (including phenoxy) is 1. The van der Waals surface area contributed by atoms with Gasteiger partial charge in [-0.15, -0.1) is 11.8 Å². The van der Waals surface area contributed by atoms with Gasteiger partial charge >= 0.3 is 0 Å². The molecule has 1 aromatic carbocycles. The van der Waals surface area contributed by atoms with Crippen LogP contribution in [-0.2, 0) is 16.1 Å². The Kier molecular flexibility index (Phi) is 5.73. The Morgan fingerprint density at radius 1 is 1.07 bits per heavy atom. The number of furan rings is 1. The van der Waals surface area contributed by atoms with Crippen LogP contribution in [0.3, 0.4) is 0 Å². The Morgan fingerprint density at radius 2 is 1.86 bits per heavy atom. The third-order valence-corrected chi connectivity index (χ3v) is 6.94. The minimum atomic E-state index is -0.231. The predicted octanol–water partition coefficient (Wildman–Crippen LogP) is 3.00. The highest BCUT2D eigenvalue weighted by molar-refractivity contribution is 8.00. The maximum Gasteiger partial charge on any atom is 0.290 e. The second-order valence-electron chi connectivity index (χ2n) is 7.09. The molecule has 2 aliphatic rings. The number of hydrogen-bond donors (Lipinski definition) is 0. The molecule has 1 aromatic heterocycles. The monoisotopic (exact) mass is 400 g/mol. The topological polar surface area (TPSA) is 63.0 Å². The summed E-state index contributed by atoms with van der Waals surface area (Å²) >= 11 is 1.82. The normalized spacial score (nSPS) is 18.6. The Morgan fingerprint density at radius 3 is 2.57 bits per heavy atom. The summed E-state index contributed by atoms with van der Waals surface area (Å²) in [6, 6.07) is 13.3. The van der Waals surface area contributed by atoms with E-state index < -0.39 is 0 Å². The lowest BCUT2D eigenvalue weighted by Gasteiger charge is -2.43. The summed E-state index contributed by atoms with van der Waals surface area (Å²) in [6.45, 7) is 2.53. The van der Waals surface area contributed by atoms with Crippen LogP contribution in [-0.4, -0.2) is 58.5 Å². The SMILES string of the molecule is O=C(COCc1ccccc1)N1CCC2(CC1)SCCN2C(=O)c1ccco1. The van der Waals surface area contributed by atoms with Gasteiger partial charge in [-0.1, -0.05) is 30.3 Å². The summed E-state index contributed by atoms with van der Waals surface area (Å²) in [4.78, 5) is 28.8. The molecule has 0 N–H and O–H groups in total. The molecule has 0 radical (unpaired) electrons. The fraction of sp³-hybridized carbons (Fsp3) is 0.429. The number of carbonyl (C=O) groups is 2. The van der Waals surface area contributed by atoms with E-state index >= 15 is 0 Å². The van der Waals surface area contributed by atoms with Gasteiger partial charge in [0.25, 0.3) is 5.91 Å². The first-order valence-corrected chi connectivity index (χ1v) is 10.6. The fourth-order valence-corrected chi connectivity index (χ4v) is 5.33. The van der Waals surface area contributed by atoms with Gasteiger partial charge < -0.3 is 19.0 Å². The first-order chi connectivity index (χ1) is 13.7. The van der Waals surface area contributed by atoms with E-state index in [0.717, 1.165) is 30.7 Å². The molecule has 2 fully saturated rings. The fourth-order valence-electron chi connectivity index (χ4n) is 3.87. The van der Waals surface area contributed by atoms with Crippen molar-refractivity contribution in [3.05, 3.63) is 60.1 Å². The number of thioether (sulfide) groups is 1. The molecule has 28 heavy (non-hydrogen) atoms. The molecule has 4 rings (SSSR count). The molecule has 0 atom stereocenters. The Labute approximate surface area is 168 Å². The van der Waals surface area contributed by atoms with Crippen LogP contribution < -0.4 is 0 Å². The van der Waals surface area contributed by atoms with Gasteiger partial charge in [-0.05, 0) is 30.5 Å². The lowest BCUT2D eigenvalue weighted by atomic mass is 10.0. The van der Waals surface area contributed by atoms with Gasteiger partial charge in [-0.2, -0.15) is 0 Å². The van der Waals surface area contributed by atoms with Crippen molar-refractivity contribution in [1.82, 2.24) is 9.80 Å². The van der Waals surface area contributed by atoms with Gasteiger partial charge in [0.1, 0.15) is 6.61 Å². The zero-order valence-corrected chi connectivity index (χ0v) is 16.5. The van der Waals surface area contributed by atoms with E-state index in [4.69, 9.17) is 9.15 Å². The van der Waals surface area contributed by atoms with Crippen LogP contribution in [0.1, 0.15) is 29.0 Å². The van der Waals surface area contributed by atoms with E-state index in [0.29, 0.717) is 25.5 Å². The molecule has 0 aliphatic carbocycles. The highest BCUT2D eigenvalue weighted by atomic mass is 32.2. The number of carbonyl (C=O) groups excluding carboxylic acids is 2. The van der Waals surface area contributed by atoms with Crippen molar-refractivity contribution in [2.24, 2.45) is 0 Å². The van der Waals surface area contributed by atoms with Gasteiger partial charge in [-0.3, -0.25) is 9.59 Å². The molecule has 0 unspecified atom stereocenters. The largest absolute Gasteiger partial charge is 0.459 e. The zero-order valence-electron chi connectivity index (χ0n) is 15.7. The van der Waals surface area contributed by atoms with Crippen LogP contribution in [0.15, 0.2) is 53.1 Å². The summed E-state index contributed by atoms with van der Waals surface area (Å²) in [5, 5.41) is 0. The molecule has 7 heteroatoms. The van der Waals surface area contributed by atoms with Crippen LogP contribution in [0, 0.1) is 0 Å². The van der Waals surface area contributed by atoms with Crippen LogP contribution in [0.25, 0.3) is 0 Å². The summed E-state index contributed by atoms with van der Waals surface area (Å²) in [5.41, 5.74) is 1.06. The Balaban J connectivity index is 1.29. The van der Waals surface area contributed by atoms with Crippen LogP contribution >= 0.6 is 11.8 Å². The van der Waals surface area contributed by atoms with Crippen molar-refractivity contribution >= 4 is 23.6 Å². The van der Waals surface area contributed by atoms with Crippen molar-refractivity contribution in [3.63, 3.8) is 0 Å². The molecule has 2 saturated heterocycles. The first-order valence-electron chi connectivity index (χ1n) is 9.57. The number of benzene rings is 1. The molecule has 3 heterocycles. The van der Waals surface area contributed by atoms with Crippen LogP contribution in [0.2, 0.25) is 0 Å². The van der Waals surface area contributed by atoms with Gasteiger partial charge in [0.15, 0.2) is 5.76 Å². The Hall–Kier alpha value is -2.25. The average molecular weight is 401 g/mol. The van der Waals surface area contributed by atoms with Crippen molar-refractivity contribution in [2.45, 2.75) is 24.3 Å². The molecule has 2 aromatic rings. The maximum atomic E-state index is 12.8. The Bertz CT molecular complexity index is 801. The van der Waals surface area contributed by atoms with Crippen LogP contribution in [0.4, 0.5) is 0 Å². The molecule has 1 spiro atoms. The quantitative estimate of drug-likeness (QED) is 0.772. The molecule has 2 aliphatic heterocycles. The van der Waals surface area contributed by atoms with Crippen molar-refractivity contribution in [2.75, 3.05) is 32.0 Å². The number of piperidine rings is 1. The van der Waals surface area contributed by atoms with E-state index in [9.17, 15) is 9.59 Å². The summed E-state index contributed by atoms with van der Waals surface area (Å²) in [6.07, 6.45) is 3.07. The molecular formula is C21H24N2O4S. The molecule has 2 amide bonds. The summed E-state index contributed by atoms with van der Waals surface area (Å²) in [7, 11) is 0. The third kappa shape index (κ3) is 3.95. The molecule has 0 bridgehead atoms. The van der Waals surface area contributed by atoms with E-state index in [1.54, 1.807) is 12.1 Å². The smallest absolute Gasteiger partial charge is 0.290 e. The summed E-state index contributed by atoms with van der Waals surface area (Å²) < 4.78 is 10.9. The highest BCUT2D eigenvalue weighted by Crippen LogP contribution is 2.44. The van der Waals surface area contributed by atoms with E-state index in [1.807, 2.05) is 51.9 Å².